The molecule has 1 aliphatic carbocycles. The Bertz CT molecular complexity index is 880. The molecule has 5 nitrogen and oxygen atoms in total. The number of aliphatic hydroxyl groups is 1. The molecular formula is C24H30N4O. The molecular weight excluding hydrogens is 360 g/mol. The second-order valence-corrected chi connectivity index (χ2v) is 8.32. The first-order valence-electron chi connectivity index (χ1n) is 10.6. The van der Waals surface area contributed by atoms with Gasteiger partial charge in [0.1, 0.15) is 11.6 Å². The minimum atomic E-state index is 0.146. The van der Waals surface area contributed by atoms with E-state index in [0.717, 1.165) is 54.0 Å². The molecule has 1 aromatic carbocycles. The van der Waals surface area contributed by atoms with Gasteiger partial charge in [0.2, 0.25) is 0 Å². The summed E-state index contributed by atoms with van der Waals surface area (Å²) in [6.45, 7) is 9.77. The molecule has 0 atom stereocenters. The Morgan fingerprint density at radius 1 is 1.14 bits per heavy atom. The summed E-state index contributed by atoms with van der Waals surface area (Å²) >= 11 is 0. The first kappa shape index (κ1) is 19.5. The molecule has 5 heteroatoms. The van der Waals surface area contributed by atoms with Gasteiger partial charge in [-0.25, -0.2) is 9.97 Å². The van der Waals surface area contributed by atoms with Crippen LogP contribution in [0.15, 0.2) is 55.1 Å². The summed E-state index contributed by atoms with van der Waals surface area (Å²) in [6.07, 6.45) is 9.03. The molecule has 1 aliphatic heterocycles. The van der Waals surface area contributed by atoms with Crippen molar-refractivity contribution in [1.82, 2.24) is 9.97 Å². The van der Waals surface area contributed by atoms with Gasteiger partial charge in [-0.1, -0.05) is 25.3 Å². The average Bonchev–Trinajstić information content (AvgIpc) is 3.32. The molecule has 1 aromatic heterocycles. The lowest BCUT2D eigenvalue weighted by molar-refractivity contribution is 0.401. The van der Waals surface area contributed by atoms with E-state index in [9.17, 15) is 5.11 Å². The number of hydrogen-bond donors (Lipinski definition) is 2. The SMILES string of the molecule is C=C(O)Cc1cnc(Cc2ccc(NC(=C)CC3CC3)cc2)nc1N1CCCC1. The Morgan fingerprint density at radius 3 is 2.52 bits per heavy atom. The van der Waals surface area contributed by atoms with Crippen molar-refractivity contribution in [1.29, 1.82) is 0 Å². The molecule has 0 radical (unpaired) electrons. The predicted molar refractivity (Wildman–Crippen MR) is 118 cm³/mol. The van der Waals surface area contributed by atoms with Crippen molar-refractivity contribution in [3.8, 4) is 0 Å². The number of benzene rings is 1. The molecule has 0 bridgehead atoms. The Kier molecular flexibility index (Phi) is 5.84. The van der Waals surface area contributed by atoms with E-state index in [1.807, 2.05) is 6.20 Å². The first-order chi connectivity index (χ1) is 14.1. The first-order valence-corrected chi connectivity index (χ1v) is 10.6. The monoisotopic (exact) mass is 390 g/mol. The zero-order valence-corrected chi connectivity index (χ0v) is 17.0. The fourth-order valence-electron chi connectivity index (χ4n) is 3.88. The molecule has 2 heterocycles. The largest absolute Gasteiger partial charge is 0.513 e. The van der Waals surface area contributed by atoms with Crippen LogP contribution < -0.4 is 10.2 Å². The third-order valence-electron chi connectivity index (χ3n) is 5.56. The van der Waals surface area contributed by atoms with Gasteiger partial charge in [-0.15, -0.1) is 0 Å². The molecule has 4 rings (SSSR count). The normalized spacial score (nSPS) is 16.1. The Balaban J connectivity index is 1.44. The van der Waals surface area contributed by atoms with Gasteiger partial charge in [-0.05, 0) is 55.7 Å². The van der Waals surface area contributed by atoms with Crippen LogP contribution in [0.25, 0.3) is 0 Å². The molecule has 2 aromatic rings. The lowest BCUT2D eigenvalue weighted by Gasteiger charge is -2.20. The van der Waals surface area contributed by atoms with Crippen molar-refractivity contribution < 1.29 is 5.11 Å². The van der Waals surface area contributed by atoms with Gasteiger partial charge in [-0.3, -0.25) is 0 Å². The van der Waals surface area contributed by atoms with Crippen molar-refractivity contribution >= 4 is 11.5 Å². The summed E-state index contributed by atoms with van der Waals surface area (Å²) in [6, 6.07) is 8.43. The van der Waals surface area contributed by atoms with Crippen LogP contribution >= 0.6 is 0 Å². The quantitative estimate of drug-likeness (QED) is 0.590. The van der Waals surface area contributed by atoms with E-state index in [-0.39, 0.29) is 5.76 Å². The molecule has 1 saturated carbocycles. The van der Waals surface area contributed by atoms with E-state index < -0.39 is 0 Å². The van der Waals surface area contributed by atoms with Crippen LogP contribution in [-0.4, -0.2) is 28.2 Å². The highest BCUT2D eigenvalue weighted by molar-refractivity contribution is 5.50. The summed E-state index contributed by atoms with van der Waals surface area (Å²) < 4.78 is 0. The van der Waals surface area contributed by atoms with Gasteiger partial charge in [0.15, 0.2) is 0 Å². The van der Waals surface area contributed by atoms with E-state index in [0.29, 0.717) is 12.8 Å². The maximum Gasteiger partial charge on any atom is 0.135 e. The summed E-state index contributed by atoms with van der Waals surface area (Å²) in [5.41, 5.74) is 4.29. The van der Waals surface area contributed by atoms with Gasteiger partial charge in [0.25, 0.3) is 0 Å². The second-order valence-electron chi connectivity index (χ2n) is 8.32. The highest BCUT2D eigenvalue weighted by Gasteiger charge is 2.22. The average molecular weight is 391 g/mol. The molecule has 2 fully saturated rings. The predicted octanol–water partition coefficient (Wildman–Crippen LogP) is 5.01. The van der Waals surface area contributed by atoms with E-state index >= 15 is 0 Å². The summed E-state index contributed by atoms with van der Waals surface area (Å²) in [5, 5.41) is 13.0. The second kappa shape index (κ2) is 8.68. The van der Waals surface area contributed by atoms with Crippen LogP contribution in [0.4, 0.5) is 11.5 Å². The topological polar surface area (TPSA) is 61.3 Å². The van der Waals surface area contributed by atoms with Crippen LogP contribution in [-0.2, 0) is 12.8 Å². The van der Waals surface area contributed by atoms with Gasteiger partial charge in [0.05, 0.1) is 5.76 Å². The third-order valence-corrected chi connectivity index (χ3v) is 5.56. The minimum Gasteiger partial charge on any atom is -0.513 e. The number of allylic oxidation sites excluding steroid dienone is 2. The molecule has 2 N–H and O–H groups in total. The van der Waals surface area contributed by atoms with E-state index in [1.165, 1.54) is 31.2 Å². The number of aromatic nitrogens is 2. The molecule has 2 aliphatic rings. The molecule has 152 valence electrons. The summed E-state index contributed by atoms with van der Waals surface area (Å²) in [4.78, 5) is 11.7. The van der Waals surface area contributed by atoms with E-state index in [1.54, 1.807) is 0 Å². The van der Waals surface area contributed by atoms with E-state index in [4.69, 9.17) is 4.98 Å². The van der Waals surface area contributed by atoms with Gasteiger partial charge in [0, 0.05) is 49.1 Å². The fourth-order valence-corrected chi connectivity index (χ4v) is 3.88. The van der Waals surface area contributed by atoms with Crippen molar-refractivity contribution in [2.75, 3.05) is 23.3 Å². The highest BCUT2D eigenvalue weighted by atomic mass is 16.3. The Labute approximate surface area is 173 Å². The van der Waals surface area contributed by atoms with Crippen LogP contribution in [0, 0.1) is 5.92 Å². The van der Waals surface area contributed by atoms with Crippen LogP contribution in [0.2, 0.25) is 0 Å². The van der Waals surface area contributed by atoms with Gasteiger partial charge in [-0.2, -0.15) is 0 Å². The maximum absolute atomic E-state index is 9.64. The molecule has 0 unspecified atom stereocenters. The van der Waals surface area contributed by atoms with Crippen LogP contribution in [0.5, 0.6) is 0 Å². The van der Waals surface area contributed by atoms with Gasteiger partial charge < -0.3 is 15.3 Å². The maximum atomic E-state index is 9.64. The molecule has 0 amide bonds. The number of aliphatic hydroxyl groups excluding tert-OH is 1. The lowest BCUT2D eigenvalue weighted by atomic mass is 10.1. The minimum absolute atomic E-state index is 0.146. The third kappa shape index (κ3) is 5.37. The summed E-state index contributed by atoms with van der Waals surface area (Å²) in [7, 11) is 0. The number of hydrogen-bond acceptors (Lipinski definition) is 5. The Hall–Kier alpha value is -2.82. The van der Waals surface area contributed by atoms with Crippen LogP contribution in [0.1, 0.15) is 49.1 Å². The smallest absolute Gasteiger partial charge is 0.135 e. The molecule has 1 saturated heterocycles. The van der Waals surface area contributed by atoms with Gasteiger partial charge >= 0.3 is 0 Å². The standard InChI is InChI=1S/C24H30N4O/c1-17(13-19-5-6-19)26-22-9-7-20(8-10-22)15-23-25-16-21(14-18(2)29)24(27-23)28-11-3-4-12-28/h7-10,16,19,26,29H,1-6,11-15H2. The molecule has 0 spiro atoms. The van der Waals surface area contributed by atoms with Crippen molar-refractivity contribution in [3.05, 3.63) is 72.0 Å². The van der Waals surface area contributed by atoms with E-state index in [2.05, 4.69) is 52.6 Å². The fraction of sp³-hybridized carbons (Fsp3) is 0.417. The van der Waals surface area contributed by atoms with Crippen LogP contribution in [0.3, 0.4) is 0 Å². The lowest BCUT2D eigenvalue weighted by Crippen LogP contribution is -2.22. The number of anilines is 2. The zero-order chi connectivity index (χ0) is 20.2. The zero-order valence-electron chi connectivity index (χ0n) is 17.0. The van der Waals surface area contributed by atoms with Crippen molar-refractivity contribution in [2.24, 2.45) is 5.92 Å². The number of rotatable bonds is 9. The number of nitrogens with zero attached hydrogens (tertiary/aromatic N) is 3. The summed E-state index contributed by atoms with van der Waals surface area (Å²) in [5.74, 6) is 2.73. The van der Waals surface area contributed by atoms with Crippen molar-refractivity contribution in [3.63, 3.8) is 0 Å². The van der Waals surface area contributed by atoms with Crippen molar-refractivity contribution in [2.45, 2.75) is 44.9 Å². The highest BCUT2D eigenvalue weighted by Crippen LogP contribution is 2.35. The molecule has 29 heavy (non-hydrogen) atoms. The Morgan fingerprint density at radius 2 is 1.86 bits per heavy atom. The number of nitrogens with one attached hydrogen (secondary N) is 1.